The van der Waals surface area contributed by atoms with Gasteiger partial charge in [-0.1, -0.05) is 0 Å². The fourth-order valence-electron chi connectivity index (χ4n) is 0.753. The van der Waals surface area contributed by atoms with Gasteiger partial charge in [0.1, 0.15) is 6.04 Å². The average molecular weight is 213 g/mol. The van der Waals surface area contributed by atoms with E-state index in [1.165, 1.54) is 6.92 Å². The molecule has 0 aromatic heterocycles. The minimum atomic E-state index is -4.57. The van der Waals surface area contributed by atoms with Gasteiger partial charge in [0.15, 0.2) is 0 Å². The molecule has 0 bridgehead atoms. The number of nitrogens with one attached hydrogen (secondary N) is 1. The molecule has 0 rings (SSSR count). The molecule has 78 valence electrons. The summed E-state index contributed by atoms with van der Waals surface area (Å²) in [6.45, 7) is 1.33. The van der Waals surface area contributed by atoms with E-state index >= 15 is 0 Å². The Balaban J connectivity index is 4.28. The molecule has 2 atom stereocenters. The number of aliphatic hydroxyl groups is 1. The highest BCUT2D eigenvalue weighted by Crippen LogP contribution is 2.29. The third kappa shape index (κ3) is 6.68. The number of aliphatic hydroxyl groups excluding tert-OH is 1. The average Bonchev–Trinajstić information content (AvgIpc) is 1.81. The van der Waals surface area contributed by atoms with Crippen LogP contribution in [-0.4, -0.2) is 38.1 Å². The van der Waals surface area contributed by atoms with Crippen molar-refractivity contribution in [2.24, 2.45) is 0 Å². The lowest BCUT2D eigenvalue weighted by molar-refractivity contribution is -0.139. The molecule has 0 aliphatic heterocycles. The van der Waals surface area contributed by atoms with Crippen molar-refractivity contribution in [2.45, 2.75) is 25.5 Å². The van der Waals surface area contributed by atoms with Gasteiger partial charge in [0.25, 0.3) is 0 Å². The number of carboxylic acid groups (broad SMARTS) is 1. The summed E-state index contributed by atoms with van der Waals surface area (Å²) >= 11 is 0. The number of rotatable bonds is 5. The molecule has 0 aromatic rings. The Morgan fingerprint density at radius 2 is 2.00 bits per heavy atom. The lowest BCUT2D eigenvalue weighted by atomic mass is 10.1. The van der Waals surface area contributed by atoms with Crippen LogP contribution in [0.3, 0.4) is 0 Å². The normalized spacial score (nSPS) is 16.6. The third-order valence-electron chi connectivity index (χ3n) is 1.20. The van der Waals surface area contributed by atoms with E-state index in [1.54, 1.807) is 5.09 Å². The van der Waals surface area contributed by atoms with Crippen LogP contribution >= 0.6 is 7.75 Å². The molecule has 7 nitrogen and oxygen atoms in total. The van der Waals surface area contributed by atoms with Gasteiger partial charge in [-0.2, -0.15) is 0 Å². The van der Waals surface area contributed by atoms with E-state index in [0.29, 0.717) is 0 Å². The summed E-state index contributed by atoms with van der Waals surface area (Å²) in [6.07, 6.45) is -1.21. The maximum Gasteiger partial charge on any atom is 0.401 e. The van der Waals surface area contributed by atoms with Gasteiger partial charge in [-0.3, -0.25) is 4.79 Å². The van der Waals surface area contributed by atoms with Crippen molar-refractivity contribution in [3.8, 4) is 0 Å². The lowest BCUT2D eigenvalue weighted by Gasteiger charge is -2.16. The van der Waals surface area contributed by atoms with Crippen LogP contribution in [0.15, 0.2) is 0 Å². The first-order chi connectivity index (χ1) is 5.72. The molecule has 0 radical (unpaired) electrons. The SMILES string of the molecule is CC(O)C[C@H](NP(=O)(O)O)C(=O)O. The Hall–Kier alpha value is -0.460. The summed E-state index contributed by atoms with van der Waals surface area (Å²) in [6, 6.07) is -1.44. The summed E-state index contributed by atoms with van der Waals surface area (Å²) in [5.74, 6) is -1.41. The lowest BCUT2D eigenvalue weighted by Crippen LogP contribution is -2.36. The van der Waals surface area contributed by atoms with E-state index in [1.807, 2.05) is 0 Å². The highest BCUT2D eigenvalue weighted by molar-refractivity contribution is 7.49. The van der Waals surface area contributed by atoms with Crippen LogP contribution in [0.5, 0.6) is 0 Å². The van der Waals surface area contributed by atoms with Gasteiger partial charge in [0.05, 0.1) is 6.10 Å². The molecule has 0 fully saturated rings. The summed E-state index contributed by atoms with van der Waals surface area (Å²) in [5.41, 5.74) is 0. The minimum Gasteiger partial charge on any atom is -0.480 e. The van der Waals surface area contributed by atoms with Crippen molar-refractivity contribution in [1.82, 2.24) is 5.09 Å². The minimum absolute atomic E-state index is 0.263. The highest BCUT2D eigenvalue weighted by atomic mass is 31.2. The Labute approximate surface area is 74.6 Å². The fraction of sp³-hybridized carbons (Fsp3) is 0.800. The van der Waals surface area contributed by atoms with Crippen LogP contribution in [-0.2, 0) is 9.36 Å². The molecule has 0 aliphatic rings. The Kier molecular flexibility index (Phi) is 4.52. The van der Waals surface area contributed by atoms with Crippen molar-refractivity contribution in [2.75, 3.05) is 0 Å². The summed E-state index contributed by atoms with van der Waals surface area (Å²) < 4.78 is 10.4. The van der Waals surface area contributed by atoms with Crippen molar-refractivity contribution in [1.29, 1.82) is 0 Å². The number of hydrogen-bond acceptors (Lipinski definition) is 3. The van der Waals surface area contributed by atoms with E-state index in [0.717, 1.165) is 0 Å². The van der Waals surface area contributed by atoms with Crippen LogP contribution in [0.1, 0.15) is 13.3 Å². The van der Waals surface area contributed by atoms with Crippen LogP contribution in [0.4, 0.5) is 0 Å². The molecule has 0 amide bonds. The quantitative estimate of drug-likeness (QED) is 0.366. The molecular formula is C5H12NO6P. The molecule has 8 heteroatoms. The molecule has 1 unspecified atom stereocenters. The Morgan fingerprint density at radius 3 is 2.23 bits per heavy atom. The van der Waals surface area contributed by atoms with E-state index in [-0.39, 0.29) is 6.42 Å². The maximum absolute atomic E-state index is 10.4. The Bertz CT molecular complexity index is 223. The van der Waals surface area contributed by atoms with Crippen LogP contribution in [0, 0.1) is 0 Å². The van der Waals surface area contributed by atoms with Crippen LogP contribution < -0.4 is 5.09 Å². The first-order valence-electron chi connectivity index (χ1n) is 3.46. The number of carbonyl (C=O) groups is 1. The van der Waals surface area contributed by atoms with Gasteiger partial charge in [-0.25, -0.2) is 9.65 Å². The van der Waals surface area contributed by atoms with Gasteiger partial charge in [0, 0.05) is 0 Å². The zero-order chi connectivity index (χ0) is 10.6. The zero-order valence-corrected chi connectivity index (χ0v) is 7.81. The third-order valence-corrected chi connectivity index (χ3v) is 1.85. The van der Waals surface area contributed by atoms with Crippen molar-refractivity contribution in [3.05, 3.63) is 0 Å². The fourth-order valence-corrected chi connectivity index (χ4v) is 1.37. The second-order valence-corrected chi connectivity index (χ2v) is 3.99. The van der Waals surface area contributed by atoms with Crippen molar-refractivity contribution in [3.63, 3.8) is 0 Å². The number of hydrogen-bond donors (Lipinski definition) is 5. The monoisotopic (exact) mass is 213 g/mol. The molecule has 0 aliphatic carbocycles. The van der Waals surface area contributed by atoms with Gasteiger partial charge in [0.2, 0.25) is 0 Å². The smallest absolute Gasteiger partial charge is 0.401 e. The van der Waals surface area contributed by atoms with E-state index in [2.05, 4.69) is 0 Å². The van der Waals surface area contributed by atoms with Crippen LogP contribution in [0.25, 0.3) is 0 Å². The van der Waals surface area contributed by atoms with E-state index < -0.39 is 25.9 Å². The molecule has 0 saturated carbocycles. The highest BCUT2D eigenvalue weighted by Gasteiger charge is 2.26. The van der Waals surface area contributed by atoms with E-state index in [4.69, 9.17) is 20.0 Å². The number of carboxylic acids is 1. The summed E-state index contributed by atoms with van der Waals surface area (Å²) in [4.78, 5) is 27.2. The first kappa shape index (κ1) is 12.5. The number of aliphatic carboxylic acids is 1. The predicted octanol–water partition coefficient (Wildman–Crippen LogP) is -1.11. The van der Waals surface area contributed by atoms with Gasteiger partial charge in [-0.15, -0.1) is 0 Å². The maximum atomic E-state index is 10.4. The molecule has 0 spiro atoms. The topological polar surface area (TPSA) is 127 Å². The molecule has 5 N–H and O–H groups in total. The molecular weight excluding hydrogens is 201 g/mol. The molecule has 0 heterocycles. The van der Waals surface area contributed by atoms with Crippen LogP contribution in [0.2, 0.25) is 0 Å². The van der Waals surface area contributed by atoms with Gasteiger partial charge < -0.3 is 20.0 Å². The van der Waals surface area contributed by atoms with Crippen molar-refractivity contribution < 1.29 is 29.4 Å². The molecule has 13 heavy (non-hydrogen) atoms. The van der Waals surface area contributed by atoms with Gasteiger partial charge in [-0.05, 0) is 13.3 Å². The summed E-state index contributed by atoms with van der Waals surface area (Å²) in [7, 11) is -4.57. The second kappa shape index (κ2) is 4.69. The largest absolute Gasteiger partial charge is 0.480 e. The molecule has 0 aromatic carbocycles. The van der Waals surface area contributed by atoms with Gasteiger partial charge >= 0.3 is 13.7 Å². The van der Waals surface area contributed by atoms with E-state index in [9.17, 15) is 9.36 Å². The first-order valence-corrected chi connectivity index (χ1v) is 5.08. The second-order valence-electron chi connectivity index (χ2n) is 2.65. The Morgan fingerprint density at radius 1 is 1.54 bits per heavy atom. The zero-order valence-electron chi connectivity index (χ0n) is 6.91. The standard InChI is InChI=1S/C5H12NO6P/c1-3(7)2-4(5(8)9)6-13(10,11)12/h3-4,7H,2H2,1H3,(H,8,9)(H3,6,10,11,12)/t3?,4-/m0/s1. The molecule has 0 saturated heterocycles. The van der Waals surface area contributed by atoms with Crippen molar-refractivity contribution >= 4 is 13.7 Å². The summed E-state index contributed by atoms with van der Waals surface area (Å²) in [5, 5.41) is 18.9. The predicted molar refractivity (Wildman–Crippen MR) is 42.9 cm³/mol.